The van der Waals surface area contributed by atoms with Gasteiger partial charge in [0.05, 0.1) is 10.2 Å². The number of hydrogen-bond donors (Lipinski definition) is 2. The van der Waals surface area contributed by atoms with E-state index in [0.29, 0.717) is 13.0 Å². The smallest absolute Gasteiger partial charge is 0.147 e. The minimum absolute atomic E-state index is 0.174. The van der Waals surface area contributed by atoms with Crippen molar-refractivity contribution in [3.8, 4) is 0 Å². The van der Waals surface area contributed by atoms with Crippen molar-refractivity contribution in [3.63, 3.8) is 0 Å². The monoisotopic (exact) mass is 343 g/mol. The highest BCUT2D eigenvalue weighted by molar-refractivity contribution is 7.26. The highest BCUT2D eigenvalue weighted by Crippen LogP contribution is 2.38. The summed E-state index contributed by atoms with van der Waals surface area (Å²) in [5, 5.41) is 13.4. The van der Waals surface area contributed by atoms with Gasteiger partial charge < -0.3 is 15.3 Å². The van der Waals surface area contributed by atoms with Crippen LogP contribution in [0.15, 0.2) is 12.4 Å². The van der Waals surface area contributed by atoms with Crippen LogP contribution in [0.1, 0.15) is 24.8 Å². The van der Waals surface area contributed by atoms with Crippen LogP contribution in [-0.4, -0.2) is 46.3 Å². The molecule has 0 aromatic carbocycles. The maximum Gasteiger partial charge on any atom is 0.147 e. The van der Waals surface area contributed by atoms with Crippen LogP contribution >= 0.6 is 11.3 Å². The normalized spacial score (nSPS) is 14.8. The molecule has 3 aromatic heterocycles. The van der Waals surface area contributed by atoms with Gasteiger partial charge in [-0.05, 0) is 37.8 Å². The van der Waals surface area contributed by atoms with Gasteiger partial charge in [-0.1, -0.05) is 0 Å². The number of fused-ring (bicyclic) bond motifs is 3. The van der Waals surface area contributed by atoms with Gasteiger partial charge in [0.15, 0.2) is 0 Å². The van der Waals surface area contributed by atoms with Crippen molar-refractivity contribution in [1.82, 2.24) is 15.0 Å². The van der Waals surface area contributed by atoms with E-state index in [9.17, 15) is 0 Å². The Bertz CT molecular complexity index is 872. The van der Waals surface area contributed by atoms with E-state index in [1.165, 1.54) is 18.4 Å². The maximum absolute atomic E-state index is 8.96. The summed E-state index contributed by atoms with van der Waals surface area (Å²) in [6.45, 7) is 5.19. The van der Waals surface area contributed by atoms with Gasteiger partial charge >= 0.3 is 0 Å². The highest BCUT2D eigenvalue weighted by Gasteiger charge is 2.19. The highest BCUT2D eigenvalue weighted by atomic mass is 32.1. The first kappa shape index (κ1) is 15.5. The maximum atomic E-state index is 8.96. The fourth-order valence-corrected chi connectivity index (χ4v) is 4.42. The standard InChI is InChI=1S/C17H21N5OS/c1-11-9-12(22-6-2-3-7-22)21-17-13(11)14-15(24-17)16(20-10-19-14)18-5-4-8-23/h9-10,23H,2-8H2,1H3,(H,18,19,20). The molecule has 1 aliphatic rings. The van der Waals surface area contributed by atoms with Crippen molar-refractivity contribution in [2.24, 2.45) is 0 Å². The fraction of sp³-hybridized carbons (Fsp3) is 0.471. The fourth-order valence-electron chi connectivity index (χ4n) is 3.25. The Labute approximate surface area is 144 Å². The molecule has 0 saturated carbocycles. The first-order valence-corrected chi connectivity index (χ1v) is 9.24. The first-order valence-electron chi connectivity index (χ1n) is 8.42. The Hall–Kier alpha value is -1.99. The third-order valence-electron chi connectivity index (χ3n) is 4.47. The predicted molar refractivity (Wildman–Crippen MR) is 99.1 cm³/mol. The molecule has 0 bridgehead atoms. The average molecular weight is 343 g/mol. The first-order chi connectivity index (χ1) is 11.8. The molecule has 0 aliphatic carbocycles. The van der Waals surface area contributed by atoms with Crippen LogP contribution in [0.4, 0.5) is 11.6 Å². The van der Waals surface area contributed by atoms with Gasteiger partial charge in [0.1, 0.15) is 22.8 Å². The minimum atomic E-state index is 0.174. The molecule has 4 heterocycles. The number of aliphatic hydroxyl groups is 1. The van der Waals surface area contributed by atoms with Crippen molar-refractivity contribution >= 4 is 43.4 Å². The van der Waals surface area contributed by atoms with E-state index in [1.807, 2.05) is 0 Å². The number of nitrogens with one attached hydrogen (secondary N) is 1. The van der Waals surface area contributed by atoms with E-state index in [4.69, 9.17) is 10.1 Å². The van der Waals surface area contributed by atoms with Crippen molar-refractivity contribution in [3.05, 3.63) is 18.0 Å². The molecule has 0 spiro atoms. The molecule has 3 aromatic rings. The van der Waals surface area contributed by atoms with Gasteiger partial charge in [0, 0.05) is 31.6 Å². The van der Waals surface area contributed by atoms with Gasteiger partial charge in [0.2, 0.25) is 0 Å². The lowest BCUT2D eigenvalue weighted by atomic mass is 10.2. The molecule has 1 fully saturated rings. The lowest BCUT2D eigenvalue weighted by molar-refractivity contribution is 0.292. The number of hydrogen-bond acceptors (Lipinski definition) is 7. The second kappa shape index (κ2) is 6.49. The molecular weight excluding hydrogens is 322 g/mol. The van der Waals surface area contributed by atoms with Crippen molar-refractivity contribution < 1.29 is 5.11 Å². The number of nitrogens with zero attached hydrogens (tertiary/aromatic N) is 4. The van der Waals surface area contributed by atoms with E-state index in [1.54, 1.807) is 17.7 Å². The average Bonchev–Trinajstić information content (AvgIpc) is 3.23. The zero-order valence-corrected chi connectivity index (χ0v) is 14.6. The van der Waals surface area contributed by atoms with E-state index < -0.39 is 0 Å². The number of anilines is 2. The summed E-state index contributed by atoms with van der Waals surface area (Å²) in [5.41, 5.74) is 2.18. The topological polar surface area (TPSA) is 74.2 Å². The van der Waals surface area contributed by atoms with Crippen molar-refractivity contribution in [2.45, 2.75) is 26.2 Å². The summed E-state index contributed by atoms with van der Waals surface area (Å²) in [4.78, 5) is 17.2. The van der Waals surface area contributed by atoms with Crippen molar-refractivity contribution in [1.29, 1.82) is 0 Å². The van der Waals surface area contributed by atoms with E-state index in [2.05, 4.69) is 33.2 Å². The second-order valence-electron chi connectivity index (χ2n) is 6.18. The molecule has 2 N–H and O–H groups in total. The zero-order valence-electron chi connectivity index (χ0n) is 13.7. The largest absolute Gasteiger partial charge is 0.396 e. The second-order valence-corrected chi connectivity index (χ2v) is 7.18. The molecule has 0 atom stereocenters. The minimum Gasteiger partial charge on any atom is -0.396 e. The number of aryl methyl sites for hydroxylation is 1. The number of aliphatic hydroxyl groups excluding tert-OH is 1. The van der Waals surface area contributed by atoms with Gasteiger partial charge in [-0.3, -0.25) is 0 Å². The van der Waals surface area contributed by atoms with Crippen LogP contribution in [0.2, 0.25) is 0 Å². The van der Waals surface area contributed by atoms with Gasteiger partial charge in [-0.15, -0.1) is 11.3 Å². The number of aromatic nitrogens is 3. The van der Waals surface area contributed by atoms with Gasteiger partial charge in [0.25, 0.3) is 0 Å². The van der Waals surface area contributed by atoms with E-state index in [-0.39, 0.29) is 6.61 Å². The van der Waals surface area contributed by atoms with Crippen LogP contribution < -0.4 is 10.2 Å². The summed E-state index contributed by atoms with van der Waals surface area (Å²) in [6, 6.07) is 2.18. The van der Waals surface area contributed by atoms with Gasteiger partial charge in [-0.2, -0.15) is 0 Å². The molecule has 1 aliphatic heterocycles. The SMILES string of the molecule is Cc1cc(N2CCCC2)nc2sc3c(NCCCO)ncnc3c12. The Morgan fingerprint density at radius 1 is 1.29 bits per heavy atom. The third kappa shape index (κ3) is 2.67. The van der Waals surface area contributed by atoms with E-state index >= 15 is 0 Å². The van der Waals surface area contributed by atoms with Gasteiger partial charge in [-0.25, -0.2) is 15.0 Å². The number of thiophene rings is 1. The molecule has 7 heteroatoms. The number of rotatable bonds is 5. The summed E-state index contributed by atoms with van der Waals surface area (Å²) >= 11 is 1.65. The third-order valence-corrected chi connectivity index (χ3v) is 5.55. The molecule has 0 unspecified atom stereocenters. The lowest BCUT2D eigenvalue weighted by Crippen LogP contribution is -2.18. The number of pyridine rings is 1. The Morgan fingerprint density at radius 2 is 2.12 bits per heavy atom. The van der Waals surface area contributed by atoms with Crippen LogP contribution in [0.25, 0.3) is 20.4 Å². The van der Waals surface area contributed by atoms with Crippen LogP contribution in [0.3, 0.4) is 0 Å². The lowest BCUT2D eigenvalue weighted by Gasteiger charge is -2.16. The molecule has 126 valence electrons. The van der Waals surface area contributed by atoms with E-state index in [0.717, 1.165) is 45.2 Å². The molecule has 4 rings (SSSR count). The molecule has 1 saturated heterocycles. The molecular formula is C17H21N5OS. The van der Waals surface area contributed by atoms with Crippen LogP contribution in [0, 0.1) is 6.92 Å². The predicted octanol–water partition coefficient (Wildman–Crippen LogP) is 2.94. The summed E-state index contributed by atoms with van der Waals surface area (Å²) in [6.07, 6.45) is 4.79. The quantitative estimate of drug-likeness (QED) is 0.694. The Kier molecular flexibility index (Phi) is 4.20. The summed E-state index contributed by atoms with van der Waals surface area (Å²) in [5.74, 6) is 1.91. The Balaban J connectivity index is 1.81. The summed E-state index contributed by atoms with van der Waals surface area (Å²) in [7, 11) is 0. The van der Waals surface area contributed by atoms with Crippen LogP contribution in [0.5, 0.6) is 0 Å². The summed E-state index contributed by atoms with van der Waals surface area (Å²) < 4.78 is 1.04. The molecule has 0 amide bonds. The Morgan fingerprint density at radius 3 is 2.92 bits per heavy atom. The van der Waals surface area contributed by atoms with Crippen LogP contribution in [-0.2, 0) is 0 Å². The molecule has 24 heavy (non-hydrogen) atoms. The molecule has 6 nitrogen and oxygen atoms in total. The molecule has 0 radical (unpaired) electrons. The zero-order chi connectivity index (χ0) is 16.5. The van der Waals surface area contributed by atoms with Crippen molar-refractivity contribution in [2.75, 3.05) is 36.5 Å².